The normalized spacial score (nSPS) is 14.5. The second-order valence-electron chi connectivity index (χ2n) is 5.22. The molecule has 1 aromatic rings. The molecule has 0 spiro atoms. The molecule has 0 amide bonds. The highest BCUT2D eigenvalue weighted by Gasteiger charge is 2.23. The number of ether oxygens (including phenoxy) is 1. The van der Waals surface area contributed by atoms with Crippen LogP contribution in [0.2, 0.25) is 0 Å². The van der Waals surface area contributed by atoms with Gasteiger partial charge in [-0.25, -0.2) is 8.78 Å². The summed E-state index contributed by atoms with van der Waals surface area (Å²) < 4.78 is 31.2. The van der Waals surface area contributed by atoms with E-state index in [0.29, 0.717) is 6.42 Å². The first-order valence-corrected chi connectivity index (χ1v) is 6.32. The van der Waals surface area contributed by atoms with Crippen molar-refractivity contribution in [3.63, 3.8) is 0 Å². The van der Waals surface area contributed by atoms with Crippen LogP contribution in [-0.2, 0) is 0 Å². The highest BCUT2D eigenvalue weighted by atomic mass is 19.1. The topological polar surface area (TPSA) is 41.5 Å². The standard InChI is InChI=1S/C14H21F2NO2/c1-10(2)17-14(3,9-18)4-5-19-13-7-11(15)6-12(16)8-13/h6-8,10,17-18H,4-5,9H2,1-3H3. The Labute approximate surface area is 112 Å². The molecule has 0 saturated heterocycles. The van der Waals surface area contributed by atoms with E-state index >= 15 is 0 Å². The zero-order chi connectivity index (χ0) is 14.5. The molecule has 108 valence electrons. The number of nitrogens with one attached hydrogen (secondary N) is 1. The van der Waals surface area contributed by atoms with Gasteiger partial charge in [0.05, 0.1) is 13.2 Å². The van der Waals surface area contributed by atoms with Crippen molar-refractivity contribution in [2.75, 3.05) is 13.2 Å². The molecule has 0 bridgehead atoms. The summed E-state index contributed by atoms with van der Waals surface area (Å²) in [5, 5.41) is 12.6. The second kappa shape index (κ2) is 6.82. The third-order valence-corrected chi connectivity index (χ3v) is 2.74. The summed E-state index contributed by atoms with van der Waals surface area (Å²) in [6.45, 7) is 6.07. The number of aliphatic hydroxyl groups excluding tert-OH is 1. The largest absolute Gasteiger partial charge is 0.493 e. The third kappa shape index (κ3) is 5.53. The number of benzene rings is 1. The van der Waals surface area contributed by atoms with Gasteiger partial charge in [0.2, 0.25) is 0 Å². The Morgan fingerprint density at radius 2 is 1.84 bits per heavy atom. The van der Waals surface area contributed by atoms with E-state index in [1.54, 1.807) is 0 Å². The third-order valence-electron chi connectivity index (χ3n) is 2.74. The number of halogens is 2. The lowest BCUT2D eigenvalue weighted by Crippen LogP contribution is -2.49. The summed E-state index contributed by atoms with van der Waals surface area (Å²) in [6.07, 6.45) is 0.528. The monoisotopic (exact) mass is 273 g/mol. The van der Waals surface area contributed by atoms with Crippen LogP contribution in [0, 0.1) is 11.6 Å². The Bertz CT molecular complexity index is 392. The van der Waals surface area contributed by atoms with Crippen molar-refractivity contribution in [3.8, 4) is 5.75 Å². The molecular weight excluding hydrogens is 252 g/mol. The van der Waals surface area contributed by atoms with E-state index in [1.165, 1.54) is 0 Å². The minimum Gasteiger partial charge on any atom is -0.493 e. The molecule has 0 fully saturated rings. The van der Waals surface area contributed by atoms with Crippen LogP contribution in [0.15, 0.2) is 18.2 Å². The van der Waals surface area contributed by atoms with E-state index in [4.69, 9.17) is 4.74 Å². The molecule has 0 aromatic heterocycles. The fourth-order valence-corrected chi connectivity index (χ4v) is 1.90. The van der Waals surface area contributed by atoms with Crippen LogP contribution in [0.3, 0.4) is 0 Å². The van der Waals surface area contributed by atoms with Crippen molar-refractivity contribution in [2.45, 2.75) is 38.8 Å². The average Bonchev–Trinajstić information content (AvgIpc) is 2.26. The maximum atomic E-state index is 13.0. The van der Waals surface area contributed by atoms with E-state index in [1.807, 2.05) is 20.8 Å². The molecule has 0 radical (unpaired) electrons. The second-order valence-corrected chi connectivity index (χ2v) is 5.22. The minimum absolute atomic E-state index is 0.0357. The number of aliphatic hydroxyl groups is 1. The SMILES string of the molecule is CC(C)NC(C)(CO)CCOc1cc(F)cc(F)c1. The number of rotatable bonds is 7. The van der Waals surface area contributed by atoms with Crippen LogP contribution < -0.4 is 10.1 Å². The number of hydrogen-bond donors (Lipinski definition) is 2. The lowest BCUT2D eigenvalue weighted by molar-refractivity contribution is 0.136. The lowest BCUT2D eigenvalue weighted by Gasteiger charge is -2.31. The molecule has 0 aliphatic rings. The summed E-state index contributed by atoms with van der Waals surface area (Å²) >= 11 is 0. The van der Waals surface area contributed by atoms with Gasteiger partial charge in [0.25, 0.3) is 0 Å². The predicted molar refractivity (Wildman–Crippen MR) is 70.2 cm³/mol. The van der Waals surface area contributed by atoms with Gasteiger partial charge >= 0.3 is 0 Å². The van der Waals surface area contributed by atoms with Crippen LogP contribution in [-0.4, -0.2) is 29.9 Å². The van der Waals surface area contributed by atoms with E-state index < -0.39 is 17.2 Å². The van der Waals surface area contributed by atoms with Crippen molar-refractivity contribution in [3.05, 3.63) is 29.8 Å². The summed E-state index contributed by atoms with van der Waals surface area (Å²) in [5.41, 5.74) is -0.472. The molecule has 2 N–H and O–H groups in total. The summed E-state index contributed by atoms with van der Waals surface area (Å²) in [4.78, 5) is 0. The Morgan fingerprint density at radius 3 is 2.32 bits per heavy atom. The Kier molecular flexibility index (Phi) is 5.69. The highest BCUT2D eigenvalue weighted by molar-refractivity contribution is 5.23. The quantitative estimate of drug-likeness (QED) is 0.802. The molecular formula is C14H21F2NO2. The van der Waals surface area contributed by atoms with Crippen LogP contribution in [0.1, 0.15) is 27.2 Å². The summed E-state index contributed by atoms with van der Waals surface area (Å²) in [5.74, 6) is -1.18. The van der Waals surface area contributed by atoms with Crippen molar-refractivity contribution >= 4 is 0 Å². The molecule has 0 saturated carbocycles. The molecule has 1 unspecified atom stereocenters. The van der Waals surface area contributed by atoms with E-state index in [-0.39, 0.29) is 25.0 Å². The Morgan fingerprint density at radius 1 is 1.26 bits per heavy atom. The van der Waals surface area contributed by atoms with Crippen LogP contribution in [0.25, 0.3) is 0 Å². The van der Waals surface area contributed by atoms with E-state index in [9.17, 15) is 13.9 Å². The fraction of sp³-hybridized carbons (Fsp3) is 0.571. The first kappa shape index (κ1) is 15.9. The van der Waals surface area contributed by atoms with Crippen molar-refractivity contribution in [2.24, 2.45) is 0 Å². The van der Waals surface area contributed by atoms with Gasteiger partial charge in [-0.1, -0.05) is 13.8 Å². The van der Waals surface area contributed by atoms with Gasteiger partial charge in [0.15, 0.2) is 0 Å². The molecule has 0 aliphatic carbocycles. The van der Waals surface area contributed by atoms with E-state index in [2.05, 4.69) is 5.32 Å². The van der Waals surface area contributed by atoms with Crippen molar-refractivity contribution in [1.82, 2.24) is 5.32 Å². The Balaban J connectivity index is 2.52. The molecule has 0 heterocycles. The maximum Gasteiger partial charge on any atom is 0.129 e. The van der Waals surface area contributed by atoms with Crippen LogP contribution >= 0.6 is 0 Å². The minimum atomic E-state index is -0.666. The van der Waals surface area contributed by atoms with Gasteiger partial charge in [-0.2, -0.15) is 0 Å². The van der Waals surface area contributed by atoms with Gasteiger partial charge in [-0.3, -0.25) is 0 Å². The van der Waals surface area contributed by atoms with Gasteiger partial charge in [0.1, 0.15) is 17.4 Å². The zero-order valence-electron chi connectivity index (χ0n) is 11.5. The highest BCUT2D eigenvalue weighted by Crippen LogP contribution is 2.17. The maximum absolute atomic E-state index is 13.0. The molecule has 1 aromatic carbocycles. The Hall–Kier alpha value is -1.20. The molecule has 5 heteroatoms. The molecule has 1 atom stereocenters. The summed E-state index contributed by atoms with van der Waals surface area (Å²) in [7, 11) is 0. The lowest BCUT2D eigenvalue weighted by atomic mass is 9.98. The number of hydrogen-bond acceptors (Lipinski definition) is 3. The van der Waals surface area contributed by atoms with Gasteiger partial charge in [-0.05, 0) is 6.92 Å². The summed E-state index contributed by atoms with van der Waals surface area (Å²) in [6, 6.07) is 3.29. The fourth-order valence-electron chi connectivity index (χ4n) is 1.90. The van der Waals surface area contributed by atoms with Crippen molar-refractivity contribution < 1.29 is 18.6 Å². The van der Waals surface area contributed by atoms with Crippen LogP contribution in [0.4, 0.5) is 8.78 Å². The average molecular weight is 273 g/mol. The van der Waals surface area contributed by atoms with Crippen LogP contribution in [0.5, 0.6) is 5.75 Å². The van der Waals surface area contributed by atoms with Crippen molar-refractivity contribution in [1.29, 1.82) is 0 Å². The first-order valence-electron chi connectivity index (χ1n) is 6.32. The molecule has 1 rings (SSSR count). The predicted octanol–water partition coefficient (Wildman–Crippen LogP) is 2.48. The van der Waals surface area contributed by atoms with E-state index in [0.717, 1.165) is 18.2 Å². The zero-order valence-corrected chi connectivity index (χ0v) is 11.5. The molecule has 3 nitrogen and oxygen atoms in total. The smallest absolute Gasteiger partial charge is 0.129 e. The first-order chi connectivity index (χ1) is 8.84. The van der Waals surface area contributed by atoms with Gasteiger partial charge in [0, 0.05) is 36.2 Å². The van der Waals surface area contributed by atoms with Gasteiger partial charge in [-0.15, -0.1) is 0 Å². The molecule has 0 aliphatic heterocycles. The molecule has 19 heavy (non-hydrogen) atoms. The van der Waals surface area contributed by atoms with Gasteiger partial charge < -0.3 is 15.2 Å².